The number of hydrogen-bond acceptors (Lipinski definition) is 5. The van der Waals surface area contributed by atoms with Gasteiger partial charge in [0, 0.05) is 0 Å². The van der Waals surface area contributed by atoms with Crippen LogP contribution < -0.4 is 17.0 Å². The molecule has 0 aliphatic rings. The number of nitrogens with two attached hydrogens (primary N) is 1. The number of rotatable bonds is 1. The first kappa shape index (κ1) is 8.34. The largest absolute Gasteiger partial charge is 0.801 e. The van der Waals surface area contributed by atoms with Gasteiger partial charge in [-0.25, -0.2) is 4.79 Å². The lowest BCUT2D eigenvalue weighted by Gasteiger charge is -2.13. The van der Waals surface area contributed by atoms with E-state index in [-0.39, 0.29) is 10.3 Å². The highest BCUT2D eigenvalue weighted by Gasteiger charge is 2.05. The molecule has 1 aromatic rings. The number of aromatic amines is 1. The maximum atomic E-state index is 10.8. The molecule has 0 fully saturated rings. The van der Waals surface area contributed by atoms with Gasteiger partial charge in [-0.15, -0.1) is 0 Å². The number of aliphatic hydroxyl groups is 1. The maximum Gasteiger partial charge on any atom is 0.325 e. The molecule has 1 aromatic heterocycles. The van der Waals surface area contributed by atoms with Crippen molar-refractivity contribution in [2.24, 2.45) is 0 Å². The number of hydrogen-bond donors (Lipinski definition) is 3. The Balaban J connectivity index is 3.63. The minimum absolute atomic E-state index is 0.188. The molecule has 7 nitrogen and oxygen atoms in total. The van der Waals surface area contributed by atoms with Gasteiger partial charge in [-0.2, -0.15) is 0 Å². The van der Waals surface area contributed by atoms with Gasteiger partial charge in [0.1, 0.15) is 5.82 Å². The summed E-state index contributed by atoms with van der Waals surface area (Å²) >= 11 is 0. The second-order valence-corrected chi connectivity index (χ2v) is 2.08. The smallest absolute Gasteiger partial charge is 0.325 e. The summed E-state index contributed by atoms with van der Waals surface area (Å²) in [7, 11) is 0. The van der Waals surface area contributed by atoms with Gasteiger partial charge in [0.15, 0.2) is 0 Å². The summed E-state index contributed by atoms with van der Waals surface area (Å²) in [5.41, 5.74) is 2.78. The van der Waals surface area contributed by atoms with Crippen LogP contribution in [-0.4, -0.2) is 14.8 Å². The second kappa shape index (κ2) is 2.70. The fourth-order valence-corrected chi connectivity index (χ4v) is 0.724. The number of nitrogen functional groups attached to an aromatic ring is 1. The zero-order chi connectivity index (χ0) is 9.30. The van der Waals surface area contributed by atoms with E-state index in [0.717, 1.165) is 0 Å². The molecule has 0 bridgehead atoms. The van der Waals surface area contributed by atoms with Crippen molar-refractivity contribution in [3.05, 3.63) is 31.6 Å². The SMILES string of the molecule is Nc1c(CO)c(=O)[nH]c(=O)n1[O-]. The maximum absolute atomic E-state index is 10.8. The van der Waals surface area contributed by atoms with Gasteiger partial charge in [0.05, 0.1) is 12.2 Å². The third-order valence-electron chi connectivity index (χ3n) is 1.37. The third-order valence-corrected chi connectivity index (χ3v) is 1.37. The van der Waals surface area contributed by atoms with Crippen LogP contribution in [0.3, 0.4) is 0 Å². The molecule has 0 saturated heterocycles. The van der Waals surface area contributed by atoms with Gasteiger partial charge in [0.2, 0.25) is 0 Å². The van der Waals surface area contributed by atoms with Crippen molar-refractivity contribution in [3.63, 3.8) is 0 Å². The van der Waals surface area contributed by atoms with E-state index in [2.05, 4.69) is 0 Å². The van der Waals surface area contributed by atoms with Gasteiger partial charge in [-0.3, -0.25) is 9.78 Å². The average Bonchev–Trinajstić information content (AvgIpc) is 2.01. The van der Waals surface area contributed by atoms with Crippen LogP contribution in [0.25, 0.3) is 0 Å². The molecule has 0 spiro atoms. The monoisotopic (exact) mass is 172 g/mol. The lowest BCUT2D eigenvalue weighted by atomic mass is 10.3. The standard InChI is InChI=1S/C5H6N3O4/c6-3-2(1-9)4(10)7-5(11)8(3)12/h9H,1,6H2,(H,7,10,11)/q-1. The van der Waals surface area contributed by atoms with E-state index in [9.17, 15) is 14.8 Å². The summed E-state index contributed by atoms with van der Waals surface area (Å²) in [5, 5.41) is 19.3. The van der Waals surface area contributed by atoms with Crippen molar-refractivity contribution in [1.82, 2.24) is 9.71 Å². The second-order valence-electron chi connectivity index (χ2n) is 2.08. The fraction of sp³-hybridized carbons (Fsp3) is 0.200. The number of nitrogens with zero attached hydrogens (tertiary/aromatic N) is 1. The zero-order valence-corrected chi connectivity index (χ0v) is 5.90. The number of nitrogens with one attached hydrogen (secondary N) is 1. The van der Waals surface area contributed by atoms with E-state index < -0.39 is 23.7 Å². The Hall–Kier alpha value is -1.76. The predicted octanol–water partition coefficient (Wildman–Crippen LogP) is -2.04. The first-order valence-electron chi connectivity index (χ1n) is 3.00. The molecule has 12 heavy (non-hydrogen) atoms. The topological polar surface area (TPSA) is 124 Å². The molecule has 0 amide bonds. The summed E-state index contributed by atoms with van der Waals surface area (Å²) in [6, 6.07) is 0. The predicted molar refractivity (Wildman–Crippen MR) is 40.4 cm³/mol. The summed E-state index contributed by atoms with van der Waals surface area (Å²) in [6.07, 6.45) is 0. The van der Waals surface area contributed by atoms with E-state index in [1.165, 1.54) is 0 Å². The molecule has 0 atom stereocenters. The zero-order valence-electron chi connectivity index (χ0n) is 5.90. The van der Waals surface area contributed by atoms with E-state index in [1.807, 2.05) is 0 Å². The number of aromatic nitrogens is 2. The van der Waals surface area contributed by atoms with E-state index in [4.69, 9.17) is 10.8 Å². The molecule has 1 heterocycles. The van der Waals surface area contributed by atoms with E-state index in [0.29, 0.717) is 0 Å². The van der Waals surface area contributed by atoms with Crippen LogP contribution in [0.2, 0.25) is 0 Å². The normalized spacial score (nSPS) is 10.1. The van der Waals surface area contributed by atoms with Crippen molar-refractivity contribution in [2.75, 3.05) is 5.73 Å². The number of aliphatic hydroxyl groups excluding tert-OH is 1. The van der Waals surface area contributed by atoms with Crippen LogP contribution in [-0.2, 0) is 6.61 Å². The average molecular weight is 172 g/mol. The fourth-order valence-electron chi connectivity index (χ4n) is 0.724. The molecule has 0 aliphatic heterocycles. The van der Waals surface area contributed by atoms with Crippen molar-refractivity contribution < 1.29 is 5.11 Å². The highest BCUT2D eigenvalue weighted by molar-refractivity contribution is 5.38. The first-order valence-corrected chi connectivity index (χ1v) is 3.00. The molecule has 4 N–H and O–H groups in total. The van der Waals surface area contributed by atoms with Crippen LogP contribution in [0.1, 0.15) is 5.56 Å². The van der Waals surface area contributed by atoms with Crippen LogP contribution >= 0.6 is 0 Å². The molecule has 1 rings (SSSR count). The Labute approximate surface area is 65.7 Å². The Morgan fingerprint density at radius 3 is 2.67 bits per heavy atom. The van der Waals surface area contributed by atoms with Crippen molar-refractivity contribution in [1.29, 1.82) is 0 Å². The van der Waals surface area contributed by atoms with Crippen LogP contribution in [0.5, 0.6) is 0 Å². The Kier molecular flexibility index (Phi) is 1.88. The van der Waals surface area contributed by atoms with Crippen molar-refractivity contribution in [3.8, 4) is 0 Å². The molecule has 66 valence electrons. The lowest BCUT2D eigenvalue weighted by Crippen LogP contribution is -2.32. The molecular formula is C5H6N3O4-. The molecule has 7 heteroatoms. The molecule has 0 saturated carbocycles. The molecule has 0 radical (unpaired) electrons. The van der Waals surface area contributed by atoms with E-state index in [1.54, 1.807) is 4.98 Å². The summed E-state index contributed by atoms with van der Waals surface area (Å²) < 4.78 is -0.188. The first-order chi connectivity index (χ1) is 5.57. The Morgan fingerprint density at radius 1 is 1.58 bits per heavy atom. The van der Waals surface area contributed by atoms with Gasteiger partial charge >= 0.3 is 5.69 Å². The van der Waals surface area contributed by atoms with Crippen LogP contribution in [0, 0.1) is 5.21 Å². The summed E-state index contributed by atoms with van der Waals surface area (Å²) in [6.45, 7) is -0.677. The van der Waals surface area contributed by atoms with E-state index >= 15 is 0 Å². The van der Waals surface area contributed by atoms with Gasteiger partial charge in [-0.05, 0) is 0 Å². The van der Waals surface area contributed by atoms with Gasteiger partial charge in [-0.1, -0.05) is 0 Å². The molecular weight excluding hydrogens is 166 g/mol. The van der Waals surface area contributed by atoms with Crippen molar-refractivity contribution >= 4 is 5.82 Å². The number of H-pyrrole nitrogens is 1. The summed E-state index contributed by atoms with van der Waals surface area (Å²) in [4.78, 5) is 23.1. The molecule has 0 aromatic carbocycles. The lowest BCUT2D eigenvalue weighted by molar-refractivity contribution is 0.280. The molecule has 0 aliphatic carbocycles. The van der Waals surface area contributed by atoms with Gasteiger partial charge in [0.25, 0.3) is 5.56 Å². The quantitative estimate of drug-likeness (QED) is 0.450. The Bertz CT molecular complexity index is 404. The Morgan fingerprint density at radius 2 is 2.17 bits per heavy atom. The van der Waals surface area contributed by atoms with Crippen LogP contribution in [0.15, 0.2) is 9.59 Å². The molecule has 0 unspecified atom stereocenters. The van der Waals surface area contributed by atoms with Crippen LogP contribution in [0.4, 0.5) is 5.82 Å². The highest BCUT2D eigenvalue weighted by atomic mass is 16.5. The third kappa shape index (κ3) is 1.05. The minimum atomic E-state index is -1.14. The van der Waals surface area contributed by atoms with Gasteiger partial charge < -0.3 is 20.8 Å². The number of anilines is 1. The minimum Gasteiger partial charge on any atom is -0.801 e. The highest BCUT2D eigenvalue weighted by Crippen LogP contribution is 2.00. The van der Waals surface area contributed by atoms with Crippen molar-refractivity contribution in [2.45, 2.75) is 6.61 Å². The summed E-state index contributed by atoms with van der Waals surface area (Å²) in [5.74, 6) is -0.564.